The number of halogens is 3. The van der Waals surface area contributed by atoms with E-state index >= 15 is 0 Å². The van der Waals surface area contributed by atoms with E-state index in [0.29, 0.717) is 6.54 Å². The minimum atomic E-state index is -4.37. The van der Waals surface area contributed by atoms with E-state index in [2.05, 4.69) is 0 Å². The number of hydrogen-bond acceptors (Lipinski definition) is 3. The molecule has 7 heteroatoms. The van der Waals surface area contributed by atoms with Crippen molar-refractivity contribution in [2.75, 3.05) is 13.1 Å². The Bertz CT molecular complexity index is 328. The van der Waals surface area contributed by atoms with Crippen LogP contribution in [0.25, 0.3) is 0 Å². The first-order valence-electron chi connectivity index (χ1n) is 7.60. The highest BCUT2D eigenvalue weighted by atomic mass is 19.4. The summed E-state index contributed by atoms with van der Waals surface area (Å²) in [6.45, 7) is 3.12. The maximum absolute atomic E-state index is 12.2. The Morgan fingerprint density at radius 2 is 1.90 bits per heavy atom. The zero-order chi connectivity index (χ0) is 16.0. The summed E-state index contributed by atoms with van der Waals surface area (Å²) in [5.41, 5.74) is 5.88. The second kappa shape index (κ2) is 7.98. The molecule has 0 saturated heterocycles. The molecule has 0 heterocycles. The lowest BCUT2D eigenvalue weighted by atomic mass is 9.90. The molecule has 1 aliphatic carbocycles. The predicted molar refractivity (Wildman–Crippen MR) is 75.8 cm³/mol. The maximum atomic E-state index is 12.2. The lowest BCUT2D eigenvalue weighted by molar-refractivity contribution is -0.142. The van der Waals surface area contributed by atoms with Gasteiger partial charge in [-0.15, -0.1) is 0 Å². The van der Waals surface area contributed by atoms with Crippen LogP contribution in [0.3, 0.4) is 0 Å². The van der Waals surface area contributed by atoms with Gasteiger partial charge in [0.1, 0.15) is 6.54 Å². The van der Waals surface area contributed by atoms with E-state index in [1.54, 1.807) is 6.92 Å². The van der Waals surface area contributed by atoms with Gasteiger partial charge in [-0.05, 0) is 45.6 Å². The van der Waals surface area contributed by atoms with Gasteiger partial charge in [-0.3, -0.25) is 9.69 Å². The third kappa shape index (κ3) is 6.22. The number of hydrogen-bond donors (Lipinski definition) is 2. The summed E-state index contributed by atoms with van der Waals surface area (Å²) in [4.78, 5) is 14.0. The first-order valence-corrected chi connectivity index (χ1v) is 7.60. The van der Waals surface area contributed by atoms with Crippen LogP contribution >= 0.6 is 0 Å². The molecule has 0 radical (unpaired) electrons. The molecule has 0 aromatic rings. The van der Waals surface area contributed by atoms with Crippen molar-refractivity contribution in [3.63, 3.8) is 0 Å². The van der Waals surface area contributed by atoms with Crippen molar-refractivity contribution in [2.24, 2.45) is 5.73 Å². The predicted octanol–water partition coefficient (Wildman–Crippen LogP) is 2.04. The zero-order valence-corrected chi connectivity index (χ0v) is 12.7. The monoisotopic (exact) mass is 309 g/mol. The lowest BCUT2D eigenvalue weighted by Gasteiger charge is -2.39. The van der Waals surface area contributed by atoms with Crippen LogP contribution in [-0.2, 0) is 4.79 Å². The summed E-state index contributed by atoms with van der Waals surface area (Å²) in [6, 6.07) is -0.109. The average molecular weight is 309 g/mol. The van der Waals surface area contributed by atoms with Gasteiger partial charge in [-0.2, -0.15) is 13.2 Å². The molecule has 0 aromatic heterocycles. The highest BCUT2D eigenvalue weighted by Crippen LogP contribution is 2.24. The molecule has 0 aromatic carbocycles. The Labute approximate surface area is 124 Å². The normalized spacial score (nSPS) is 24.9. The summed E-state index contributed by atoms with van der Waals surface area (Å²) in [7, 11) is 0. The summed E-state index contributed by atoms with van der Waals surface area (Å²) >= 11 is 0. The fourth-order valence-electron chi connectivity index (χ4n) is 2.87. The zero-order valence-electron chi connectivity index (χ0n) is 12.7. The van der Waals surface area contributed by atoms with Gasteiger partial charge in [0, 0.05) is 12.1 Å². The van der Waals surface area contributed by atoms with Gasteiger partial charge in [0.2, 0.25) is 5.91 Å². The third-order valence-electron chi connectivity index (χ3n) is 4.03. The van der Waals surface area contributed by atoms with Crippen LogP contribution in [0.5, 0.6) is 0 Å². The molecule has 1 atom stereocenters. The SMILES string of the molecule is CCCN(C1CCC(N)CC1)C(C)C(=O)NCC(F)(F)F. The fraction of sp³-hybridized carbons (Fsp3) is 0.929. The number of nitrogens with one attached hydrogen (secondary N) is 1. The van der Waals surface area contributed by atoms with E-state index in [9.17, 15) is 18.0 Å². The van der Waals surface area contributed by atoms with E-state index < -0.39 is 24.7 Å². The average Bonchev–Trinajstić information content (AvgIpc) is 2.42. The quantitative estimate of drug-likeness (QED) is 0.789. The Morgan fingerprint density at radius 3 is 2.38 bits per heavy atom. The molecular weight excluding hydrogens is 283 g/mol. The van der Waals surface area contributed by atoms with Crippen molar-refractivity contribution in [2.45, 2.75) is 70.3 Å². The van der Waals surface area contributed by atoms with Crippen molar-refractivity contribution in [3.05, 3.63) is 0 Å². The smallest absolute Gasteiger partial charge is 0.346 e. The number of nitrogens with two attached hydrogens (primary N) is 1. The number of carbonyl (C=O) groups is 1. The number of carbonyl (C=O) groups excluding carboxylic acids is 1. The van der Waals surface area contributed by atoms with Gasteiger partial charge < -0.3 is 11.1 Å². The molecule has 0 bridgehead atoms. The van der Waals surface area contributed by atoms with Crippen LogP contribution in [0, 0.1) is 0 Å². The summed E-state index contributed by atoms with van der Waals surface area (Å²) in [5, 5.41) is 1.98. The minimum Gasteiger partial charge on any atom is -0.346 e. The topological polar surface area (TPSA) is 58.4 Å². The molecule has 0 spiro atoms. The molecular formula is C14H26F3N3O. The largest absolute Gasteiger partial charge is 0.405 e. The molecule has 21 heavy (non-hydrogen) atoms. The van der Waals surface area contributed by atoms with Gasteiger partial charge >= 0.3 is 6.18 Å². The van der Waals surface area contributed by atoms with Crippen LogP contribution in [0.2, 0.25) is 0 Å². The Kier molecular flexibility index (Phi) is 6.93. The molecule has 3 N–H and O–H groups in total. The van der Waals surface area contributed by atoms with E-state index in [1.165, 1.54) is 0 Å². The van der Waals surface area contributed by atoms with E-state index in [0.717, 1.165) is 32.1 Å². The Morgan fingerprint density at radius 1 is 1.33 bits per heavy atom. The van der Waals surface area contributed by atoms with Gasteiger partial charge in [0.25, 0.3) is 0 Å². The van der Waals surface area contributed by atoms with E-state index in [-0.39, 0.29) is 12.1 Å². The summed E-state index contributed by atoms with van der Waals surface area (Å²) in [6.07, 6.45) is 0.0989. The number of alkyl halides is 3. The highest BCUT2D eigenvalue weighted by molar-refractivity contribution is 5.81. The second-order valence-corrected chi connectivity index (χ2v) is 5.82. The number of amides is 1. The van der Waals surface area contributed by atoms with Crippen molar-refractivity contribution < 1.29 is 18.0 Å². The summed E-state index contributed by atoms with van der Waals surface area (Å²) < 4.78 is 36.6. The standard InChI is InChI=1S/C14H26F3N3O/c1-3-8-20(12-6-4-11(18)5-7-12)10(2)13(21)19-9-14(15,16)17/h10-12H,3-9,18H2,1-2H3,(H,19,21). The Hall–Kier alpha value is -0.820. The molecule has 1 amide bonds. The van der Waals surface area contributed by atoms with Gasteiger partial charge in [0.05, 0.1) is 6.04 Å². The van der Waals surface area contributed by atoms with Gasteiger partial charge in [-0.1, -0.05) is 6.92 Å². The van der Waals surface area contributed by atoms with Crippen LogP contribution in [0.1, 0.15) is 46.0 Å². The van der Waals surface area contributed by atoms with Crippen LogP contribution in [0.4, 0.5) is 13.2 Å². The molecule has 1 fully saturated rings. The fourth-order valence-corrected chi connectivity index (χ4v) is 2.87. The molecule has 1 rings (SSSR count). The number of nitrogens with zero attached hydrogens (tertiary/aromatic N) is 1. The number of rotatable bonds is 6. The molecule has 1 saturated carbocycles. The molecule has 124 valence electrons. The van der Waals surface area contributed by atoms with Crippen LogP contribution in [-0.4, -0.2) is 48.2 Å². The van der Waals surface area contributed by atoms with Crippen LogP contribution < -0.4 is 11.1 Å². The Balaban J connectivity index is 2.59. The van der Waals surface area contributed by atoms with E-state index in [4.69, 9.17) is 5.73 Å². The van der Waals surface area contributed by atoms with Gasteiger partial charge in [-0.25, -0.2) is 0 Å². The van der Waals surface area contributed by atoms with E-state index in [1.807, 2.05) is 17.1 Å². The maximum Gasteiger partial charge on any atom is 0.405 e. The van der Waals surface area contributed by atoms with Crippen molar-refractivity contribution in [1.82, 2.24) is 10.2 Å². The molecule has 1 aliphatic rings. The van der Waals surface area contributed by atoms with Crippen LogP contribution in [0.15, 0.2) is 0 Å². The molecule has 0 aliphatic heterocycles. The van der Waals surface area contributed by atoms with Crippen molar-refractivity contribution in [1.29, 1.82) is 0 Å². The second-order valence-electron chi connectivity index (χ2n) is 5.82. The third-order valence-corrected chi connectivity index (χ3v) is 4.03. The van der Waals surface area contributed by atoms with Crippen molar-refractivity contribution in [3.8, 4) is 0 Å². The minimum absolute atomic E-state index is 0.207. The summed E-state index contributed by atoms with van der Waals surface area (Å²) in [5.74, 6) is -0.560. The van der Waals surface area contributed by atoms with Crippen molar-refractivity contribution >= 4 is 5.91 Å². The lowest BCUT2D eigenvalue weighted by Crippen LogP contribution is -2.52. The molecule has 1 unspecified atom stereocenters. The highest BCUT2D eigenvalue weighted by Gasteiger charge is 2.33. The first-order chi connectivity index (χ1) is 9.74. The first kappa shape index (κ1) is 18.2. The molecule has 4 nitrogen and oxygen atoms in total. The van der Waals surface area contributed by atoms with Gasteiger partial charge in [0.15, 0.2) is 0 Å².